The lowest BCUT2D eigenvalue weighted by Gasteiger charge is -2.12. The van der Waals surface area contributed by atoms with E-state index in [1.807, 2.05) is 10.8 Å². The lowest BCUT2D eigenvalue weighted by atomic mass is 10.4. The van der Waals surface area contributed by atoms with Gasteiger partial charge in [0.05, 0.1) is 10.4 Å². The summed E-state index contributed by atoms with van der Waals surface area (Å²) in [4.78, 5) is 27.3. The normalized spacial score (nSPS) is 12.5. The molecule has 1 atom stereocenters. The van der Waals surface area contributed by atoms with Crippen LogP contribution in [0, 0.1) is 10.1 Å². The van der Waals surface area contributed by atoms with Crippen LogP contribution in [0.25, 0.3) is 11.0 Å². The SMILES string of the molecule is CN(C)c1nc(C[S+]([O-])c2nc3cscc3[nH]2)ncc1[N+](=O)[O-]. The Morgan fingerprint density at radius 2 is 2.17 bits per heavy atom. The van der Waals surface area contributed by atoms with Crippen LogP contribution in [-0.2, 0) is 16.9 Å². The van der Waals surface area contributed by atoms with Gasteiger partial charge in [0.25, 0.3) is 0 Å². The molecule has 3 aromatic heterocycles. The van der Waals surface area contributed by atoms with Crippen LogP contribution in [0.4, 0.5) is 11.5 Å². The fourth-order valence-electron chi connectivity index (χ4n) is 1.95. The van der Waals surface area contributed by atoms with Crippen molar-refractivity contribution in [3.63, 3.8) is 0 Å². The van der Waals surface area contributed by atoms with Gasteiger partial charge in [-0.2, -0.15) is 4.98 Å². The van der Waals surface area contributed by atoms with Gasteiger partial charge in [0.15, 0.2) is 11.6 Å². The molecule has 0 fully saturated rings. The van der Waals surface area contributed by atoms with E-state index in [4.69, 9.17) is 0 Å². The number of hydrogen-bond acceptors (Lipinski definition) is 8. The molecule has 0 aliphatic heterocycles. The first-order valence-corrected chi connectivity index (χ1v) is 8.70. The maximum Gasteiger partial charge on any atom is 0.329 e. The third kappa shape index (κ3) is 3.11. The van der Waals surface area contributed by atoms with Gasteiger partial charge < -0.3 is 9.45 Å². The summed E-state index contributed by atoms with van der Waals surface area (Å²) < 4.78 is 12.4. The van der Waals surface area contributed by atoms with Crippen LogP contribution in [0.5, 0.6) is 0 Å². The van der Waals surface area contributed by atoms with Gasteiger partial charge in [0, 0.05) is 36.0 Å². The lowest BCUT2D eigenvalue weighted by Crippen LogP contribution is -2.16. The third-order valence-electron chi connectivity index (χ3n) is 3.00. The Labute approximate surface area is 137 Å². The van der Waals surface area contributed by atoms with Gasteiger partial charge >= 0.3 is 10.8 Å². The highest BCUT2D eigenvalue weighted by atomic mass is 32.2. The number of fused-ring (bicyclic) bond motifs is 1. The first-order chi connectivity index (χ1) is 11.0. The molecule has 1 N–H and O–H groups in total. The minimum absolute atomic E-state index is 0.0262. The average molecular weight is 352 g/mol. The second kappa shape index (κ2) is 6.10. The van der Waals surface area contributed by atoms with Gasteiger partial charge in [0.2, 0.25) is 5.82 Å². The van der Waals surface area contributed by atoms with Gasteiger partial charge in [-0.05, 0) is 0 Å². The van der Waals surface area contributed by atoms with Crippen molar-refractivity contribution in [1.82, 2.24) is 19.9 Å². The van der Waals surface area contributed by atoms with Gasteiger partial charge in [-0.1, -0.05) is 0 Å². The van der Waals surface area contributed by atoms with Crippen LogP contribution in [0.3, 0.4) is 0 Å². The minimum Gasteiger partial charge on any atom is -0.609 e. The highest BCUT2D eigenvalue weighted by Gasteiger charge is 2.23. The van der Waals surface area contributed by atoms with Crippen molar-refractivity contribution in [3.05, 3.63) is 32.9 Å². The van der Waals surface area contributed by atoms with Gasteiger partial charge in [-0.15, -0.1) is 11.3 Å². The molecule has 3 heterocycles. The molecule has 0 aromatic carbocycles. The summed E-state index contributed by atoms with van der Waals surface area (Å²) >= 11 is 0.0470. The first-order valence-electron chi connectivity index (χ1n) is 6.43. The van der Waals surface area contributed by atoms with Crippen molar-refractivity contribution < 1.29 is 9.48 Å². The van der Waals surface area contributed by atoms with E-state index in [-0.39, 0.29) is 23.1 Å². The highest BCUT2D eigenvalue weighted by Crippen LogP contribution is 2.24. The van der Waals surface area contributed by atoms with E-state index in [1.54, 1.807) is 14.1 Å². The fraction of sp³-hybridized carbons (Fsp3) is 0.250. The predicted octanol–water partition coefficient (Wildman–Crippen LogP) is 1.70. The molecule has 0 aliphatic carbocycles. The summed E-state index contributed by atoms with van der Waals surface area (Å²) in [7, 11) is 3.30. The molecule has 0 aliphatic rings. The number of thiophene rings is 1. The Balaban J connectivity index is 1.85. The predicted molar refractivity (Wildman–Crippen MR) is 87.1 cm³/mol. The van der Waals surface area contributed by atoms with Crippen LogP contribution in [0.2, 0.25) is 0 Å². The molecule has 3 rings (SSSR count). The molecular formula is C12H12N6O3S2. The number of aromatic nitrogens is 4. The molecule has 9 nitrogen and oxygen atoms in total. The lowest BCUT2D eigenvalue weighted by molar-refractivity contribution is -0.384. The Morgan fingerprint density at radius 1 is 1.39 bits per heavy atom. The van der Waals surface area contributed by atoms with Crippen LogP contribution < -0.4 is 4.90 Å². The van der Waals surface area contributed by atoms with Crippen molar-refractivity contribution >= 4 is 45.1 Å². The average Bonchev–Trinajstić information content (AvgIpc) is 3.07. The number of rotatable bonds is 5. The Morgan fingerprint density at radius 3 is 2.83 bits per heavy atom. The van der Waals surface area contributed by atoms with Gasteiger partial charge in [-0.25, -0.2) is 9.97 Å². The first kappa shape index (κ1) is 15.6. The zero-order valence-corrected chi connectivity index (χ0v) is 13.8. The second-order valence-corrected chi connectivity index (χ2v) is 6.96. The summed E-state index contributed by atoms with van der Waals surface area (Å²) in [5.41, 5.74) is 1.40. The van der Waals surface area contributed by atoms with Crippen molar-refractivity contribution in [2.24, 2.45) is 0 Å². The molecule has 0 bridgehead atoms. The number of imidazole rings is 1. The Bertz CT molecular complexity index is 833. The summed E-state index contributed by atoms with van der Waals surface area (Å²) in [6, 6.07) is 0. The van der Waals surface area contributed by atoms with Crippen LogP contribution in [0.1, 0.15) is 5.82 Å². The Hall–Kier alpha value is -2.24. The third-order valence-corrected chi connectivity index (χ3v) is 4.88. The Kier molecular flexibility index (Phi) is 4.15. The number of nitro groups is 1. The number of aromatic amines is 1. The minimum atomic E-state index is -1.46. The van der Waals surface area contributed by atoms with E-state index in [2.05, 4.69) is 19.9 Å². The number of anilines is 1. The second-order valence-electron chi connectivity index (χ2n) is 4.85. The van der Waals surface area contributed by atoms with Crippen LogP contribution in [-0.4, -0.2) is 43.5 Å². The molecule has 0 spiro atoms. The number of nitrogens with zero attached hydrogens (tertiary/aromatic N) is 5. The maximum absolute atomic E-state index is 12.4. The van der Waals surface area contributed by atoms with E-state index in [0.29, 0.717) is 5.16 Å². The van der Waals surface area contributed by atoms with Crippen molar-refractivity contribution in [2.45, 2.75) is 10.9 Å². The number of H-pyrrole nitrogens is 1. The molecule has 0 saturated carbocycles. The van der Waals surface area contributed by atoms with Gasteiger partial charge in [-0.3, -0.25) is 15.1 Å². The number of hydrogen-bond donors (Lipinski definition) is 1. The zero-order valence-electron chi connectivity index (χ0n) is 12.2. The molecule has 120 valence electrons. The maximum atomic E-state index is 12.4. The quantitative estimate of drug-likeness (QED) is 0.421. The molecule has 0 saturated heterocycles. The van der Waals surface area contributed by atoms with Crippen molar-refractivity contribution in [1.29, 1.82) is 0 Å². The topological polar surface area (TPSA) is 124 Å². The largest absolute Gasteiger partial charge is 0.609 e. The van der Waals surface area contributed by atoms with Crippen molar-refractivity contribution in [3.8, 4) is 0 Å². The molecule has 23 heavy (non-hydrogen) atoms. The molecule has 0 radical (unpaired) electrons. The molecule has 1 unspecified atom stereocenters. The van der Waals surface area contributed by atoms with Crippen molar-refractivity contribution in [2.75, 3.05) is 19.0 Å². The van der Waals surface area contributed by atoms with Gasteiger partial charge in [0.1, 0.15) is 11.7 Å². The van der Waals surface area contributed by atoms with E-state index in [1.165, 1.54) is 16.2 Å². The summed E-state index contributed by atoms with van der Waals surface area (Å²) in [6.07, 6.45) is 1.13. The van der Waals surface area contributed by atoms with Crippen LogP contribution in [0.15, 0.2) is 22.1 Å². The van der Waals surface area contributed by atoms with E-state index in [0.717, 1.165) is 17.2 Å². The summed E-state index contributed by atoms with van der Waals surface area (Å²) in [5.74, 6) is 0.465. The standard InChI is InChI=1S/C12H12N6O3S2/c1-17(2)11-9(18(19)20)3-13-10(16-11)6-23(21)12-14-7-4-22-5-8(7)15-12/h3-5H,6H2,1-2H3,(H,14,15). The molecule has 3 aromatic rings. The fourth-order valence-corrected chi connectivity index (χ4v) is 3.57. The molecular weight excluding hydrogens is 340 g/mol. The van der Waals surface area contributed by atoms with E-state index >= 15 is 0 Å². The number of nitrogens with one attached hydrogen (secondary N) is 1. The molecule has 11 heteroatoms. The summed E-state index contributed by atoms with van der Waals surface area (Å²) in [5, 5.41) is 15.1. The van der Waals surface area contributed by atoms with E-state index < -0.39 is 16.1 Å². The zero-order chi connectivity index (χ0) is 16.6. The summed E-state index contributed by atoms with van der Waals surface area (Å²) in [6.45, 7) is 0. The highest BCUT2D eigenvalue weighted by molar-refractivity contribution is 7.90. The molecule has 0 amide bonds. The monoisotopic (exact) mass is 352 g/mol. The van der Waals surface area contributed by atoms with E-state index in [9.17, 15) is 14.7 Å². The smallest absolute Gasteiger partial charge is 0.329 e. The van der Waals surface area contributed by atoms with Crippen LogP contribution >= 0.6 is 11.3 Å².